The van der Waals surface area contributed by atoms with Gasteiger partial charge in [-0.3, -0.25) is 9.10 Å². The van der Waals surface area contributed by atoms with Crippen LogP contribution in [0.1, 0.15) is 15.2 Å². The summed E-state index contributed by atoms with van der Waals surface area (Å²) in [5.41, 5.74) is 1.91. The zero-order chi connectivity index (χ0) is 19.6. The van der Waals surface area contributed by atoms with Gasteiger partial charge in [-0.05, 0) is 48.9 Å². The van der Waals surface area contributed by atoms with Gasteiger partial charge in [0.2, 0.25) is 0 Å². The van der Waals surface area contributed by atoms with Crippen molar-refractivity contribution in [1.82, 2.24) is 0 Å². The number of benzene rings is 2. The molecule has 0 spiro atoms. The highest BCUT2D eigenvalue weighted by atomic mass is 32.2. The summed E-state index contributed by atoms with van der Waals surface area (Å²) in [7, 11) is -2.48. The van der Waals surface area contributed by atoms with Crippen LogP contribution in [-0.4, -0.2) is 21.4 Å². The molecule has 0 unspecified atom stereocenters. The van der Waals surface area contributed by atoms with Crippen LogP contribution < -0.4 is 9.62 Å². The molecular weight excluding hydrogens is 387 g/mol. The van der Waals surface area contributed by atoms with Gasteiger partial charge in [0, 0.05) is 18.1 Å². The number of hydrogen-bond donors (Lipinski definition) is 1. The molecule has 5 nitrogen and oxygen atoms in total. The molecule has 0 bridgehead atoms. The number of thiophene rings is 1. The van der Waals surface area contributed by atoms with Gasteiger partial charge in [0.05, 0.1) is 15.5 Å². The third-order valence-electron chi connectivity index (χ3n) is 4.04. The predicted octanol–water partition coefficient (Wildman–Crippen LogP) is 4.27. The zero-order valence-corrected chi connectivity index (χ0v) is 16.3. The fraction of sp³-hybridized carbons (Fsp3) is 0.105. The third-order valence-corrected chi connectivity index (χ3v) is 6.88. The summed E-state index contributed by atoms with van der Waals surface area (Å²) in [4.78, 5) is 12.7. The molecule has 0 aliphatic carbocycles. The quantitative estimate of drug-likeness (QED) is 0.690. The molecule has 1 amide bonds. The molecule has 1 heterocycles. The average molecular weight is 404 g/mol. The Kier molecular flexibility index (Phi) is 5.29. The molecule has 27 heavy (non-hydrogen) atoms. The lowest BCUT2D eigenvalue weighted by Crippen LogP contribution is -2.26. The maximum Gasteiger partial charge on any atom is 0.265 e. The SMILES string of the molecule is Cc1ccccc1NC(=O)c1cc(S(=O)(=O)N(C)c2ccc(F)cc2)cs1. The van der Waals surface area contributed by atoms with Crippen molar-refractivity contribution in [2.24, 2.45) is 0 Å². The van der Waals surface area contributed by atoms with E-state index >= 15 is 0 Å². The summed E-state index contributed by atoms with van der Waals surface area (Å²) < 4.78 is 39.7. The molecule has 3 rings (SSSR count). The van der Waals surface area contributed by atoms with Crippen molar-refractivity contribution in [2.75, 3.05) is 16.7 Å². The van der Waals surface area contributed by atoms with Gasteiger partial charge in [0.15, 0.2) is 0 Å². The first-order valence-electron chi connectivity index (χ1n) is 7.99. The molecule has 0 radical (unpaired) electrons. The van der Waals surface area contributed by atoms with Crippen LogP contribution in [0.4, 0.5) is 15.8 Å². The predicted molar refractivity (Wildman–Crippen MR) is 105 cm³/mol. The van der Waals surface area contributed by atoms with E-state index in [-0.39, 0.29) is 15.7 Å². The molecule has 0 saturated carbocycles. The molecule has 1 N–H and O–H groups in total. The van der Waals surface area contributed by atoms with E-state index in [4.69, 9.17) is 0 Å². The number of carbonyl (C=O) groups excluding carboxylic acids is 1. The van der Waals surface area contributed by atoms with E-state index in [0.29, 0.717) is 11.4 Å². The standard InChI is InChI=1S/C19H17FN2O3S2/c1-13-5-3-4-6-17(13)21-19(23)18-11-16(12-26-18)27(24,25)22(2)15-9-7-14(20)8-10-15/h3-12H,1-2H3,(H,21,23). The maximum absolute atomic E-state index is 13.1. The van der Waals surface area contributed by atoms with Gasteiger partial charge in [0.25, 0.3) is 15.9 Å². The van der Waals surface area contributed by atoms with E-state index < -0.39 is 15.8 Å². The minimum Gasteiger partial charge on any atom is -0.321 e. The molecule has 0 aliphatic heterocycles. The summed E-state index contributed by atoms with van der Waals surface area (Å²) in [6.07, 6.45) is 0. The molecule has 3 aromatic rings. The zero-order valence-electron chi connectivity index (χ0n) is 14.6. The number of halogens is 1. The van der Waals surface area contributed by atoms with Crippen molar-refractivity contribution in [2.45, 2.75) is 11.8 Å². The molecule has 1 aromatic heterocycles. The third kappa shape index (κ3) is 4.01. The number of nitrogens with zero attached hydrogens (tertiary/aromatic N) is 1. The van der Waals surface area contributed by atoms with E-state index in [2.05, 4.69) is 5.32 Å². The fourth-order valence-electron chi connectivity index (χ4n) is 2.42. The van der Waals surface area contributed by atoms with E-state index in [1.54, 1.807) is 6.07 Å². The highest BCUT2D eigenvalue weighted by Crippen LogP contribution is 2.27. The van der Waals surface area contributed by atoms with Crippen LogP contribution >= 0.6 is 11.3 Å². The van der Waals surface area contributed by atoms with Crippen molar-refractivity contribution in [3.63, 3.8) is 0 Å². The number of para-hydroxylation sites is 1. The van der Waals surface area contributed by atoms with Crippen LogP contribution in [0.15, 0.2) is 64.9 Å². The first-order chi connectivity index (χ1) is 12.8. The van der Waals surface area contributed by atoms with Crippen LogP contribution in [0.25, 0.3) is 0 Å². The van der Waals surface area contributed by atoms with Gasteiger partial charge in [-0.25, -0.2) is 12.8 Å². The molecule has 8 heteroatoms. The van der Waals surface area contributed by atoms with Crippen LogP contribution in [0.5, 0.6) is 0 Å². The first kappa shape index (κ1) is 19.1. The molecule has 0 aliphatic rings. The second-order valence-corrected chi connectivity index (χ2v) is 8.75. The van der Waals surface area contributed by atoms with Crippen molar-refractivity contribution in [1.29, 1.82) is 0 Å². The van der Waals surface area contributed by atoms with Crippen LogP contribution in [0.2, 0.25) is 0 Å². The van der Waals surface area contributed by atoms with Gasteiger partial charge >= 0.3 is 0 Å². The average Bonchev–Trinajstić information content (AvgIpc) is 3.15. The van der Waals surface area contributed by atoms with Gasteiger partial charge in [-0.15, -0.1) is 11.3 Å². The summed E-state index contributed by atoms with van der Waals surface area (Å²) >= 11 is 1.05. The molecule has 2 aromatic carbocycles. The van der Waals surface area contributed by atoms with Gasteiger partial charge in [-0.2, -0.15) is 0 Å². The second-order valence-electron chi connectivity index (χ2n) is 5.86. The molecular formula is C19H17FN2O3S2. The highest BCUT2D eigenvalue weighted by Gasteiger charge is 2.24. The number of rotatable bonds is 5. The largest absolute Gasteiger partial charge is 0.321 e. The van der Waals surface area contributed by atoms with Crippen molar-refractivity contribution in [3.05, 3.63) is 76.2 Å². The Bertz CT molecular complexity index is 1080. The van der Waals surface area contributed by atoms with E-state index in [1.807, 2.05) is 25.1 Å². The molecule has 0 saturated heterocycles. The number of nitrogens with one attached hydrogen (secondary N) is 1. The number of aryl methyl sites for hydroxylation is 1. The van der Waals surface area contributed by atoms with Crippen LogP contribution in [-0.2, 0) is 10.0 Å². The summed E-state index contributed by atoms with van der Waals surface area (Å²) in [5, 5.41) is 4.20. The number of sulfonamides is 1. The number of amides is 1. The highest BCUT2D eigenvalue weighted by molar-refractivity contribution is 7.93. The lowest BCUT2D eigenvalue weighted by Gasteiger charge is -2.18. The van der Waals surface area contributed by atoms with E-state index in [9.17, 15) is 17.6 Å². The van der Waals surface area contributed by atoms with Crippen LogP contribution in [0.3, 0.4) is 0 Å². The fourth-order valence-corrected chi connectivity index (χ4v) is 4.77. The Labute approximate surface area is 161 Å². The summed E-state index contributed by atoms with van der Waals surface area (Å²) in [5.74, 6) is -0.824. The minimum absolute atomic E-state index is 0.00857. The van der Waals surface area contributed by atoms with Crippen molar-refractivity contribution < 1.29 is 17.6 Å². The normalized spacial score (nSPS) is 11.2. The first-order valence-corrected chi connectivity index (χ1v) is 10.3. The molecule has 0 fully saturated rings. The Balaban J connectivity index is 1.82. The number of carbonyl (C=O) groups is 1. The van der Waals surface area contributed by atoms with Gasteiger partial charge in [0.1, 0.15) is 5.82 Å². The monoisotopic (exact) mass is 404 g/mol. The molecule has 0 atom stereocenters. The van der Waals surface area contributed by atoms with Crippen LogP contribution in [0, 0.1) is 12.7 Å². The Morgan fingerprint density at radius 1 is 1.11 bits per heavy atom. The Morgan fingerprint density at radius 2 is 1.78 bits per heavy atom. The van der Waals surface area contributed by atoms with Crippen molar-refractivity contribution >= 4 is 38.6 Å². The number of hydrogen-bond acceptors (Lipinski definition) is 4. The maximum atomic E-state index is 13.1. The Morgan fingerprint density at radius 3 is 2.44 bits per heavy atom. The van der Waals surface area contributed by atoms with Crippen molar-refractivity contribution in [3.8, 4) is 0 Å². The summed E-state index contributed by atoms with van der Waals surface area (Å²) in [6.45, 7) is 1.87. The van der Waals surface area contributed by atoms with E-state index in [1.165, 1.54) is 42.8 Å². The molecule has 140 valence electrons. The smallest absolute Gasteiger partial charge is 0.265 e. The minimum atomic E-state index is -3.86. The second kappa shape index (κ2) is 7.50. The topological polar surface area (TPSA) is 66.5 Å². The van der Waals surface area contributed by atoms with Gasteiger partial charge in [-0.1, -0.05) is 18.2 Å². The van der Waals surface area contributed by atoms with Gasteiger partial charge < -0.3 is 5.32 Å². The summed E-state index contributed by atoms with van der Waals surface area (Å²) in [6, 6.07) is 13.8. The lowest BCUT2D eigenvalue weighted by atomic mass is 10.2. The Hall–Kier alpha value is -2.71. The van der Waals surface area contributed by atoms with E-state index in [0.717, 1.165) is 21.2 Å². The lowest BCUT2D eigenvalue weighted by molar-refractivity contribution is 0.103. The number of anilines is 2.